The largest absolute Gasteiger partial charge is 0.465 e. The maximum atomic E-state index is 14.5. The van der Waals surface area contributed by atoms with E-state index in [1.165, 1.54) is 5.01 Å². The first-order chi connectivity index (χ1) is 23.6. The number of aromatic nitrogens is 1. The fraction of sp³-hybridized carbons (Fsp3) is 0.457. The van der Waals surface area contributed by atoms with Crippen molar-refractivity contribution in [1.29, 1.82) is 0 Å². The van der Waals surface area contributed by atoms with E-state index in [2.05, 4.69) is 26.4 Å². The van der Waals surface area contributed by atoms with Gasteiger partial charge in [-0.15, -0.1) is 0 Å². The summed E-state index contributed by atoms with van der Waals surface area (Å²) in [6.45, 7) is 6.71. The molecule has 14 heteroatoms. The monoisotopic (exact) mass is 679 g/mol. The molecule has 3 rings (SSSR count). The van der Waals surface area contributed by atoms with Crippen LogP contribution in [0.2, 0.25) is 0 Å². The zero-order valence-electron chi connectivity index (χ0n) is 28.7. The van der Waals surface area contributed by atoms with Crippen molar-refractivity contribution in [1.82, 2.24) is 36.3 Å². The molecule has 14 nitrogen and oxygen atoms in total. The SMILES string of the molecule is CCOC(OCC)C(C)N(Cc1cccc2cccnc12)C(=O)C(CCCCNC(=O)O)NC(=O)CN(C)NC(=O)NCc1ccccc1. The van der Waals surface area contributed by atoms with E-state index >= 15 is 0 Å². The van der Waals surface area contributed by atoms with Crippen molar-refractivity contribution < 1.29 is 33.8 Å². The number of unbranched alkanes of at least 4 members (excludes halogenated alkanes) is 1. The molecule has 0 radical (unpaired) electrons. The smallest absolute Gasteiger partial charge is 0.404 e. The molecule has 0 spiro atoms. The zero-order chi connectivity index (χ0) is 35.6. The molecule has 0 saturated carbocycles. The van der Waals surface area contributed by atoms with Crippen LogP contribution < -0.4 is 21.4 Å². The van der Waals surface area contributed by atoms with Crippen molar-refractivity contribution in [2.75, 3.05) is 33.4 Å². The molecule has 2 aromatic carbocycles. The minimum Gasteiger partial charge on any atom is -0.465 e. The maximum absolute atomic E-state index is 14.5. The van der Waals surface area contributed by atoms with Gasteiger partial charge in [-0.05, 0) is 57.2 Å². The summed E-state index contributed by atoms with van der Waals surface area (Å²) in [6, 6.07) is 17.0. The number of ether oxygens (including phenoxy) is 2. The van der Waals surface area contributed by atoms with Crippen molar-refractivity contribution in [2.45, 2.75) is 71.5 Å². The van der Waals surface area contributed by atoms with E-state index in [1.807, 2.05) is 81.4 Å². The molecule has 1 aromatic heterocycles. The van der Waals surface area contributed by atoms with E-state index in [-0.39, 0.29) is 32.0 Å². The fourth-order valence-corrected chi connectivity index (χ4v) is 5.32. The minimum absolute atomic E-state index is 0.168. The number of pyridine rings is 1. The third-order valence-electron chi connectivity index (χ3n) is 7.69. The number of hydrazine groups is 1. The summed E-state index contributed by atoms with van der Waals surface area (Å²) in [5, 5.41) is 19.1. The Labute approximate surface area is 287 Å². The molecule has 266 valence electrons. The standard InChI is InChI=1S/C35H49N7O7/c1-5-48-33(49-6-2)25(3)42(23-28-17-12-16-27-18-13-21-36-31(27)28)32(44)29(19-10-11-20-37-35(46)47)39-30(43)24-41(4)40-34(45)38-22-26-14-8-7-9-15-26/h7-9,12-18,21,25,29,33,37H,5-6,10-11,19-20,22-24H2,1-4H3,(H,39,43)(H,46,47)(H2,38,40,45). The van der Waals surface area contributed by atoms with E-state index in [1.54, 1.807) is 18.1 Å². The van der Waals surface area contributed by atoms with Gasteiger partial charge in [0.15, 0.2) is 6.29 Å². The van der Waals surface area contributed by atoms with Gasteiger partial charge in [-0.1, -0.05) is 54.6 Å². The summed E-state index contributed by atoms with van der Waals surface area (Å²) in [5.74, 6) is -0.848. The van der Waals surface area contributed by atoms with Gasteiger partial charge in [0.1, 0.15) is 6.04 Å². The topological polar surface area (TPSA) is 174 Å². The number of likely N-dealkylation sites (N-methyl/N-ethyl adjacent to an activating group) is 1. The third kappa shape index (κ3) is 13.0. The van der Waals surface area contributed by atoms with Gasteiger partial charge in [0.2, 0.25) is 11.8 Å². The van der Waals surface area contributed by atoms with Crippen LogP contribution in [-0.2, 0) is 32.2 Å². The highest BCUT2D eigenvalue weighted by Crippen LogP contribution is 2.22. The number of rotatable bonds is 20. The van der Waals surface area contributed by atoms with Gasteiger partial charge in [-0.3, -0.25) is 20.0 Å². The van der Waals surface area contributed by atoms with E-state index in [0.717, 1.165) is 22.0 Å². The van der Waals surface area contributed by atoms with Crippen LogP contribution >= 0.6 is 0 Å². The Morgan fingerprint density at radius 1 is 0.918 bits per heavy atom. The van der Waals surface area contributed by atoms with E-state index in [4.69, 9.17) is 14.6 Å². The van der Waals surface area contributed by atoms with E-state index in [0.29, 0.717) is 32.6 Å². The van der Waals surface area contributed by atoms with Crippen molar-refractivity contribution in [3.05, 3.63) is 78.0 Å². The van der Waals surface area contributed by atoms with Crippen LogP contribution in [0.4, 0.5) is 9.59 Å². The first-order valence-electron chi connectivity index (χ1n) is 16.5. The molecule has 3 aromatic rings. The number of urea groups is 1. The molecule has 0 bridgehead atoms. The number of fused-ring (bicyclic) bond motifs is 1. The first kappa shape index (κ1) is 38.7. The number of nitrogens with one attached hydrogen (secondary N) is 4. The van der Waals surface area contributed by atoms with Crippen LogP contribution in [0.1, 0.15) is 51.2 Å². The van der Waals surface area contributed by atoms with Crippen molar-refractivity contribution in [3.8, 4) is 0 Å². The lowest BCUT2D eigenvalue weighted by Gasteiger charge is -2.37. The molecule has 0 aliphatic heterocycles. The lowest BCUT2D eigenvalue weighted by atomic mass is 10.0. The van der Waals surface area contributed by atoms with Gasteiger partial charge in [0.05, 0.1) is 18.1 Å². The number of para-hydroxylation sites is 1. The predicted molar refractivity (Wildman–Crippen MR) is 185 cm³/mol. The summed E-state index contributed by atoms with van der Waals surface area (Å²) in [6.07, 6.45) is 0.981. The molecule has 0 aliphatic rings. The number of amides is 5. The average molecular weight is 680 g/mol. The van der Waals surface area contributed by atoms with Crippen LogP contribution in [0.25, 0.3) is 10.9 Å². The van der Waals surface area contributed by atoms with Gasteiger partial charge in [0.25, 0.3) is 0 Å². The lowest BCUT2D eigenvalue weighted by molar-refractivity contribution is -0.179. The molecule has 0 fully saturated rings. The summed E-state index contributed by atoms with van der Waals surface area (Å²) in [5.41, 5.74) is 5.09. The number of nitrogens with zero attached hydrogens (tertiary/aromatic N) is 3. The first-order valence-corrected chi connectivity index (χ1v) is 16.5. The summed E-state index contributed by atoms with van der Waals surface area (Å²) in [4.78, 5) is 57.4. The molecule has 49 heavy (non-hydrogen) atoms. The molecule has 2 unspecified atom stereocenters. The van der Waals surface area contributed by atoms with Gasteiger partial charge < -0.3 is 35.4 Å². The number of hydrogen-bond acceptors (Lipinski definition) is 8. The normalized spacial score (nSPS) is 12.4. The second kappa shape index (κ2) is 20.5. The predicted octanol–water partition coefficient (Wildman–Crippen LogP) is 3.62. The molecule has 0 saturated heterocycles. The maximum Gasteiger partial charge on any atom is 0.404 e. The number of carbonyl (C=O) groups excluding carboxylic acids is 3. The van der Waals surface area contributed by atoms with Crippen LogP contribution in [0.5, 0.6) is 0 Å². The number of carboxylic acid groups (broad SMARTS) is 1. The van der Waals surface area contributed by atoms with Crippen LogP contribution in [0.15, 0.2) is 66.9 Å². The number of benzene rings is 2. The van der Waals surface area contributed by atoms with Crippen LogP contribution in [0, 0.1) is 0 Å². The van der Waals surface area contributed by atoms with Crippen molar-refractivity contribution in [2.24, 2.45) is 0 Å². The second-order valence-corrected chi connectivity index (χ2v) is 11.5. The lowest BCUT2D eigenvalue weighted by Crippen LogP contribution is -2.56. The fourth-order valence-electron chi connectivity index (χ4n) is 5.32. The second-order valence-electron chi connectivity index (χ2n) is 11.5. The Hall–Kier alpha value is -4.79. The number of carbonyl (C=O) groups is 4. The molecular formula is C35H49N7O7. The summed E-state index contributed by atoms with van der Waals surface area (Å²) < 4.78 is 11.8. The van der Waals surface area contributed by atoms with Crippen LogP contribution in [-0.4, -0.2) is 95.7 Å². The Balaban J connectivity index is 1.80. The highest BCUT2D eigenvalue weighted by atomic mass is 16.7. The Kier molecular flexibility index (Phi) is 16.2. The quantitative estimate of drug-likeness (QED) is 0.0679. The summed E-state index contributed by atoms with van der Waals surface area (Å²) in [7, 11) is 1.55. The van der Waals surface area contributed by atoms with Gasteiger partial charge in [-0.2, -0.15) is 0 Å². The van der Waals surface area contributed by atoms with Crippen molar-refractivity contribution in [3.63, 3.8) is 0 Å². The summed E-state index contributed by atoms with van der Waals surface area (Å²) >= 11 is 0. The zero-order valence-corrected chi connectivity index (χ0v) is 28.7. The van der Waals surface area contributed by atoms with Crippen molar-refractivity contribution >= 4 is 34.8 Å². The molecule has 0 aliphatic carbocycles. The molecule has 2 atom stereocenters. The molecule has 5 N–H and O–H groups in total. The third-order valence-corrected chi connectivity index (χ3v) is 7.69. The van der Waals surface area contributed by atoms with Crippen LogP contribution in [0.3, 0.4) is 0 Å². The molecule has 1 heterocycles. The molecular weight excluding hydrogens is 630 g/mol. The Morgan fingerprint density at radius 2 is 1.63 bits per heavy atom. The average Bonchev–Trinajstić information content (AvgIpc) is 3.08. The minimum atomic E-state index is -1.13. The Bertz CT molecular complexity index is 1480. The van der Waals surface area contributed by atoms with Gasteiger partial charge in [-0.25, -0.2) is 14.6 Å². The number of hydrogen-bond donors (Lipinski definition) is 5. The van der Waals surface area contributed by atoms with E-state index in [9.17, 15) is 19.2 Å². The van der Waals surface area contributed by atoms with E-state index < -0.39 is 36.4 Å². The highest BCUT2D eigenvalue weighted by molar-refractivity contribution is 5.89. The Morgan fingerprint density at radius 3 is 2.33 bits per heavy atom. The molecule has 5 amide bonds. The van der Waals surface area contributed by atoms with Gasteiger partial charge >= 0.3 is 12.1 Å². The van der Waals surface area contributed by atoms with Gasteiger partial charge in [0, 0.05) is 51.5 Å². The highest BCUT2D eigenvalue weighted by Gasteiger charge is 2.34.